The molecule has 1 aromatic carbocycles. The SMILES string of the molecule is CCC1(C)C(N)CC1Oc1ccc(CCOC)cc1. The molecule has 1 aromatic rings. The van der Waals surface area contributed by atoms with Gasteiger partial charge in [-0.15, -0.1) is 0 Å². The number of rotatable bonds is 6. The van der Waals surface area contributed by atoms with Gasteiger partial charge in [-0.1, -0.05) is 26.0 Å². The predicted octanol–water partition coefficient (Wildman–Crippen LogP) is 2.77. The summed E-state index contributed by atoms with van der Waals surface area (Å²) < 4.78 is 11.2. The Kier molecular flexibility index (Phi) is 4.48. The maximum Gasteiger partial charge on any atom is 0.119 e. The summed E-state index contributed by atoms with van der Waals surface area (Å²) in [5.74, 6) is 0.942. The van der Waals surface area contributed by atoms with Crippen molar-refractivity contribution in [1.82, 2.24) is 0 Å². The monoisotopic (exact) mass is 263 g/mol. The summed E-state index contributed by atoms with van der Waals surface area (Å²) >= 11 is 0. The molecule has 0 heterocycles. The lowest BCUT2D eigenvalue weighted by Gasteiger charge is -2.51. The fourth-order valence-electron chi connectivity index (χ4n) is 2.64. The van der Waals surface area contributed by atoms with Crippen molar-refractivity contribution in [2.75, 3.05) is 13.7 Å². The molecule has 0 bridgehead atoms. The highest BCUT2D eigenvalue weighted by atomic mass is 16.5. The molecule has 3 atom stereocenters. The second-order valence-electron chi connectivity index (χ2n) is 5.69. The van der Waals surface area contributed by atoms with Gasteiger partial charge in [-0.05, 0) is 30.5 Å². The molecule has 3 heteroatoms. The van der Waals surface area contributed by atoms with Crippen molar-refractivity contribution in [3.63, 3.8) is 0 Å². The van der Waals surface area contributed by atoms with Crippen LogP contribution < -0.4 is 10.5 Å². The second kappa shape index (κ2) is 5.93. The zero-order valence-corrected chi connectivity index (χ0v) is 12.2. The van der Waals surface area contributed by atoms with Crippen LogP contribution in [0.5, 0.6) is 5.75 Å². The van der Waals surface area contributed by atoms with Crippen molar-refractivity contribution >= 4 is 0 Å². The molecule has 3 nitrogen and oxygen atoms in total. The van der Waals surface area contributed by atoms with Crippen LogP contribution in [0, 0.1) is 5.41 Å². The average molecular weight is 263 g/mol. The molecule has 0 aromatic heterocycles. The first-order chi connectivity index (χ1) is 9.10. The molecular formula is C16H25NO2. The van der Waals surface area contributed by atoms with Gasteiger partial charge in [0.05, 0.1) is 6.61 Å². The first-order valence-electron chi connectivity index (χ1n) is 7.10. The molecule has 0 amide bonds. The maximum atomic E-state index is 6.10. The minimum atomic E-state index is 0.120. The first kappa shape index (κ1) is 14.4. The Morgan fingerprint density at radius 2 is 2.00 bits per heavy atom. The number of hydrogen-bond donors (Lipinski definition) is 1. The minimum Gasteiger partial charge on any atom is -0.490 e. The fourth-order valence-corrected chi connectivity index (χ4v) is 2.64. The van der Waals surface area contributed by atoms with E-state index in [4.69, 9.17) is 15.2 Å². The summed E-state index contributed by atoms with van der Waals surface area (Å²) in [4.78, 5) is 0. The lowest BCUT2D eigenvalue weighted by atomic mass is 9.62. The summed E-state index contributed by atoms with van der Waals surface area (Å²) in [6, 6.07) is 8.57. The largest absolute Gasteiger partial charge is 0.490 e. The van der Waals surface area contributed by atoms with Crippen LogP contribution in [-0.2, 0) is 11.2 Å². The molecule has 1 aliphatic rings. The van der Waals surface area contributed by atoms with Gasteiger partial charge in [0, 0.05) is 25.0 Å². The molecule has 2 rings (SSSR count). The molecule has 1 aliphatic carbocycles. The summed E-state index contributed by atoms with van der Waals surface area (Å²) in [6.45, 7) is 5.16. The zero-order chi connectivity index (χ0) is 13.9. The third kappa shape index (κ3) is 2.93. The number of hydrogen-bond acceptors (Lipinski definition) is 3. The van der Waals surface area contributed by atoms with E-state index >= 15 is 0 Å². The van der Waals surface area contributed by atoms with Crippen molar-refractivity contribution in [3.05, 3.63) is 29.8 Å². The van der Waals surface area contributed by atoms with Crippen LogP contribution in [0.1, 0.15) is 32.3 Å². The molecule has 106 valence electrons. The Balaban J connectivity index is 1.93. The van der Waals surface area contributed by atoms with Gasteiger partial charge in [-0.2, -0.15) is 0 Å². The summed E-state index contributed by atoms with van der Waals surface area (Å²) in [6.07, 6.45) is 3.20. The fraction of sp³-hybridized carbons (Fsp3) is 0.625. The van der Waals surface area contributed by atoms with Crippen molar-refractivity contribution in [1.29, 1.82) is 0 Å². The van der Waals surface area contributed by atoms with Gasteiger partial charge in [0.25, 0.3) is 0 Å². The Hall–Kier alpha value is -1.06. The van der Waals surface area contributed by atoms with E-state index in [1.165, 1.54) is 5.56 Å². The van der Waals surface area contributed by atoms with Gasteiger partial charge in [0.2, 0.25) is 0 Å². The highest BCUT2D eigenvalue weighted by molar-refractivity contribution is 5.28. The van der Waals surface area contributed by atoms with Gasteiger partial charge >= 0.3 is 0 Å². The van der Waals surface area contributed by atoms with E-state index in [9.17, 15) is 0 Å². The molecule has 2 N–H and O–H groups in total. The van der Waals surface area contributed by atoms with Crippen LogP contribution in [0.25, 0.3) is 0 Å². The lowest BCUT2D eigenvalue weighted by Crippen LogP contribution is -2.61. The van der Waals surface area contributed by atoms with E-state index in [0.717, 1.165) is 31.6 Å². The van der Waals surface area contributed by atoms with Crippen LogP contribution in [0.3, 0.4) is 0 Å². The van der Waals surface area contributed by atoms with Gasteiger partial charge in [0.1, 0.15) is 11.9 Å². The summed E-state index contributed by atoms with van der Waals surface area (Å²) in [7, 11) is 1.73. The molecule has 0 radical (unpaired) electrons. The van der Waals surface area contributed by atoms with Crippen LogP contribution in [0.15, 0.2) is 24.3 Å². The first-order valence-corrected chi connectivity index (χ1v) is 7.10. The Bertz CT molecular complexity index is 404. The number of nitrogens with two attached hydrogens (primary N) is 1. The van der Waals surface area contributed by atoms with Crippen LogP contribution >= 0.6 is 0 Å². The quantitative estimate of drug-likeness (QED) is 0.858. The second-order valence-corrected chi connectivity index (χ2v) is 5.69. The molecular weight excluding hydrogens is 238 g/mol. The highest BCUT2D eigenvalue weighted by Crippen LogP contribution is 2.44. The normalized spacial score (nSPS) is 29.9. The minimum absolute atomic E-state index is 0.120. The predicted molar refractivity (Wildman–Crippen MR) is 77.4 cm³/mol. The standard InChI is InChI=1S/C16H25NO2/c1-4-16(2)14(17)11-15(16)19-13-7-5-12(6-8-13)9-10-18-3/h5-8,14-15H,4,9-11,17H2,1-3H3. The average Bonchev–Trinajstić information content (AvgIpc) is 2.45. The topological polar surface area (TPSA) is 44.5 Å². The van der Waals surface area contributed by atoms with Gasteiger partial charge < -0.3 is 15.2 Å². The van der Waals surface area contributed by atoms with E-state index in [2.05, 4.69) is 26.0 Å². The van der Waals surface area contributed by atoms with Crippen LogP contribution in [0.2, 0.25) is 0 Å². The molecule has 1 saturated carbocycles. The van der Waals surface area contributed by atoms with Crippen molar-refractivity contribution < 1.29 is 9.47 Å². The third-order valence-corrected chi connectivity index (χ3v) is 4.61. The molecule has 0 aliphatic heterocycles. The Labute approximate surface area is 116 Å². The Morgan fingerprint density at radius 3 is 2.53 bits per heavy atom. The van der Waals surface area contributed by atoms with Gasteiger partial charge in [0.15, 0.2) is 0 Å². The summed E-state index contributed by atoms with van der Waals surface area (Å²) in [5.41, 5.74) is 7.49. The van der Waals surface area contributed by atoms with Gasteiger partial charge in [-0.3, -0.25) is 0 Å². The van der Waals surface area contributed by atoms with Crippen LogP contribution in [-0.4, -0.2) is 25.9 Å². The molecule has 19 heavy (non-hydrogen) atoms. The highest BCUT2D eigenvalue weighted by Gasteiger charge is 2.50. The number of methoxy groups -OCH3 is 1. The number of benzene rings is 1. The van der Waals surface area contributed by atoms with E-state index in [0.29, 0.717) is 0 Å². The number of ether oxygens (including phenoxy) is 2. The van der Waals surface area contributed by atoms with Crippen molar-refractivity contribution in [3.8, 4) is 5.75 Å². The van der Waals surface area contributed by atoms with Gasteiger partial charge in [-0.25, -0.2) is 0 Å². The maximum absolute atomic E-state index is 6.10. The Morgan fingerprint density at radius 1 is 1.32 bits per heavy atom. The molecule has 0 saturated heterocycles. The smallest absolute Gasteiger partial charge is 0.119 e. The molecule has 3 unspecified atom stereocenters. The van der Waals surface area contributed by atoms with Crippen molar-refractivity contribution in [2.24, 2.45) is 11.1 Å². The van der Waals surface area contributed by atoms with Crippen LogP contribution in [0.4, 0.5) is 0 Å². The van der Waals surface area contributed by atoms with Crippen molar-refractivity contribution in [2.45, 2.75) is 45.3 Å². The molecule has 0 spiro atoms. The zero-order valence-electron chi connectivity index (χ0n) is 12.2. The summed E-state index contributed by atoms with van der Waals surface area (Å²) in [5, 5.41) is 0. The van der Waals surface area contributed by atoms with E-state index in [-0.39, 0.29) is 17.6 Å². The van der Waals surface area contributed by atoms with E-state index < -0.39 is 0 Å². The van der Waals surface area contributed by atoms with E-state index in [1.54, 1.807) is 7.11 Å². The van der Waals surface area contributed by atoms with E-state index in [1.807, 2.05) is 12.1 Å². The lowest BCUT2D eigenvalue weighted by molar-refractivity contribution is -0.0560. The molecule has 1 fully saturated rings. The third-order valence-electron chi connectivity index (χ3n) is 4.61.